The lowest BCUT2D eigenvalue weighted by Gasteiger charge is -1.85. The van der Waals surface area contributed by atoms with E-state index in [0.717, 1.165) is 4.61 Å². The highest BCUT2D eigenvalue weighted by Gasteiger charge is 1.94. The van der Waals surface area contributed by atoms with Gasteiger partial charge in [0.15, 0.2) is 6.73 Å². The fraction of sp³-hybridized carbons (Fsp3) is 0.333. The minimum atomic E-state index is 0.598. The molecule has 0 amide bonds. The molecule has 0 aromatic rings. The minimum absolute atomic E-state index is 0.598. The van der Waals surface area contributed by atoms with E-state index in [1.54, 1.807) is 6.26 Å². The number of hydrogen-bond acceptors (Lipinski definition) is 2. The zero-order valence-electron chi connectivity index (χ0n) is 3.07. The van der Waals surface area contributed by atoms with Gasteiger partial charge in [0.2, 0.25) is 0 Å². The normalized spacial score (nSPS) is 18.5. The van der Waals surface area contributed by atoms with Crippen molar-refractivity contribution in [2.24, 2.45) is 0 Å². The van der Waals surface area contributed by atoms with Crippen LogP contribution >= 0.6 is 15.9 Å². The number of hydrogen-bond donors (Lipinski definition) is 1. The minimum Gasteiger partial charge on any atom is -0.478 e. The number of rotatable bonds is 0. The van der Waals surface area contributed by atoms with Crippen LogP contribution in [0.25, 0.3) is 0 Å². The molecule has 0 saturated heterocycles. The van der Waals surface area contributed by atoms with Crippen molar-refractivity contribution < 1.29 is 4.74 Å². The summed E-state index contributed by atoms with van der Waals surface area (Å²) in [6.07, 6.45) is 1.62. The maximum absolute atomic E-state index is 4.74. The Bertz CT molecular complexity index is 80.9. The summed E-state index contributed by atoms with van der Waals surface area (Å²) >= 11 is 3.16. The number of ether oxygens (including phenoxy) is 1. The van der Waals surface area contributed by atoms with E-state index in [2.05, 4.69) is 21.2 Å². The molecule has 0 unspecified atom stereocenters. The quantitative estimate of drug-likeness (QED) is 0.514. The highest BCUT2D eigenvalue weighted by atomic mass is 79.9. The molecule has 0 spiro atoms. The van der Waals surface area contributed by atoms with E-state index in [-0.39, 0.29) is 0 Å². The molecule has 1 aliphatic rings. The first-order chi connectivity index (χ1) is 2.89. The second kappa shape index (κ2) is 1.51. The number of nitrogens with one attached hydrogen (secondary N) is 1. The first-order valence-electron chi connectivity index (χ1n) is 1.61. The van der Waals surface area contributed by atoms with Crippen LogP contribution in [0.2, 0.25) is 0 Å². The van der Waals surface area contributed by atoms with Gasteiger partial charge in [0, 0.05) is 0 Å². The van der Waals surface area contributed by atoms with Crippen molar-refractivity contribution in [1.29, 1.82) is 0 Å². The summed E-state index contributed by atoms with van der Waals surface area (Å²) in [5.41, 5.74) is 0. The Morgan fingerprint density at radius 2 is 2.83 bits per heavy atom. The van der Waals surface area contributed by atoms with Crippen molar-refractivity contribution in [1.82, 2.24) is 5.32 Å². The molecule has 0 bridgehead atoms. The van der Waals surface area contributed by atoms with Crippen LogP contribution in [0.3, 0.4) is 0 Å². The van der Waals surface area contributed by atoms with E-state index in [0.29, 0.717) is 6.73 Å². The van der Waals surface area contributed by atoms with Crippen LogP contribution in [0, 0.1) is 0 Å². The molecule has 1 N–H and O–H groups in total. The SMILES string of the molecule is BrC1=COCN1. The van der Waals surface area contributed by atoms with Gasteiger partial charge in [0.1, 0.15) is 10.9 Å². The van der Waals surface area contributed by atoms with Gasteiger partial charge >= 0.3 is 0 Å². The number of halogens is 1. The van der Waals surface area contributed by atoms with Gasteiger partial charge in [-0.3, -0.25) is 0 Å². The predicted octanol–water partition coefficient (Wildman–Crippen LogP) is 0.757. The fourth-order valence-electron chi connectivity index (χ4n) is 0.267. The summed E-state index contributed by atoms with van der Waals surface area (Å²) in [7, 11) is 0. The third kappa shape index (κ3) is 0.653. The standard InChI is InChI=1S/C3H4BrNO/c4-3-1-6-2-5-3/h1,5H,2H2. The molecule has 0 saturated carbocycles. The van der Waals surface area contributed by atoms with Gasteiger partial charge in [-0.15, -0.1) is 0 Å². The van der Waals surface area contributed by atoms with Crippen molar-refractivity contribution in [2.75, 3.05) is 6.73 Å². The van der Waals surface area contributed by atoms with Crippen LogP contribution in [0.1, 0.15) is 0 Å². The maximum atomic E-state index is 4.74. The van der Waals surface area contributed by atoms with Crippen molar-refractivity contribution in [3.8, 4) is 0 Å². The second-order valence-corrected chi connectivity index (χ2v) is 1.81. The van der Waals surface area contributed by atoms with E-state index in [4.69, 9.17) is 4.74 Å². The molecule has 0 aromatic carbocycles. The molecule has 0 radical (unpaired) electrons. The van der Waals surface area contributed by atoms with Gasteiger partial charge in [-0.05, 0) is 15.9 Å². The maximum Gasteiger partial charge on any atom is 0.158 e. The van der Waals surface area contributed by atoms with Crippen molar-refractivity contribution >= 4 is 15.9 Å². The Hall–Kier alpha value is -0.180. The molecule has 0 atom stereocenters. The van der Waals surface area contributed by atoms with Crippen molar-refractivity contribution in [2.45, 2.75) is 0 Å². The zero-order chi connectivity index (χ0) is 4.41. The van der Waals surface area contributed by atoms with Crippen LogP contribution in [0.4, 0.5) is 0 Å². The summed E-state index contributed by atoms with van der Waals surface area (Å²) in [5, 5.41) is 2.88. The summed E-state index contributed by atoms with van der Waals surface area (Å²) in [5.74, 6) is 0. The molecule has 0 aromatic heterocycles. The van der Waals surface area contributed by atoms with Crippen molar-refractivity contribution in [3.05, 3.63) is 10.9 Å². The third-order valence-electron chi connectivity index (χ3n) is 0.511. The van der Waals surface area contributed by atoms with Crippen LogP contribution in [0.15, 0.2) is 10.9 Å². The lowest BCUT2D eigenvalue weighted by Crippen LogP contribution is -2.02. The Morgan fingerprint density at radius 3 is 3.00 bits per heavy atom. The molecule has 0 aliphatic carbocycles. The van der Waals surface area contributed by atoms with Crippen LogP contribution < -0.4 is 5.32 Å². The highest BCUT2D eigenvalue weighted by molar-refractivity contribution is 9.11. The lowest BCUT2D eigenvalue weighted by molar-refractivity contribution is 0.267. The smallest absolute Gasteiger partial charge is 0.158 e. The lowest BCUT2D eigenvalue weighted by atomic mass is 11.0. The third-order valence-corrected chi connectivity index (χ3v) is 0.978. The van der Waals surface area contributed by atoms with Crippen LogP contribution in [-0.2, 0) is 4.74 Å². The van der Waals surface area contributed by atoms with Gasteiger partial charge in [0.25, 0.3) is 0 Å². The van der Waals surface area contributed by atoms with Gasteiger partial charge in [0.05, 0.1) is 0 Å². The van der Waals surface area contributed by atoms with Gasteiger partial charge < -0.3 is 10.1 Å². The molecule has 1 aliphatic heterocycles. The van der Waals surface area contributed by atoms with E-state index in [1.807, 2.05) is 0 Å². The summed E-state index contributed by atoms with van der Waals surface area (Å²) < 4.78 is 5.66. The molecule has 3 heteroatoms. The first kappa shape index (κ1) is 3.99. The van der Waals surface area contributed by atoms with E-state index in [9.17, 15) is 0 Å². The molecule has 0 fully saturated rings. The van der Waals surface area contributed by atoms with E-state index >= 15 is 0 Å². The Kier molecular flexibility index (Phi) is 1.01. The van der Waals surface area contributed by atoms with E-state index in [1.165, 1.54) is 0 Å². The van der Waals surface area contributed by atoms with Crippen LogP contribution in [0.5, 0.6) is 0 Å². The largest absolute Gasteiger partial charge is 0.478 e. The van der Waals surface area contributed by atoms with Crippen LogP contribution in [-0.4, -0.2) is 6.73 Å². The average molecular weight is 150 g/mol. The van der Waals surface area contributed by atoms with Crippen molar-refractivity contribution in [3.63, 3.8) is 0 Å². The molecule has 1 heterocycles. The summed E-state index contributed by atoms with van der Waals surface area (Å²) in [4.78, 5) is 0. The molecular weight excluding hydrogens is 146 g/mol. The van der Waals surface area contributed by atoms with Gasteiger partial charge in [-0.2, -0.15) is 0 Å². The van der Waals surface area contributed by atoms with Gasteiger partial charge in [-0.25, -0.2) is 0 Å². The molecule has 2 nitrogen and oxygen atoms in total. The Balaban J connectivity index is 2.45. The first-order valence-corrected chi connectivity index (χ1v) is 2.40. The zero-order valence-corrected chi connectivity index (χ0v) is 4.66. The van der Waals surface area contributed by atoms with E-state index < -0.39 is 0 Å². The predicted molar refractivity (Wildman–Crippen MR) is 26.1 cm³/mol. The van der Waals surface area contributed by atoms with Gasteiger partial charge in [-0.1, -0.05) is 0 Å². The monoisotopic (exact) mass is 149 g/mol. The average Bonchev–Trinajstić information content (AvgIpc) is 1.86. The Morgan fingerprint density at radius 1 is 2.00 bits per heavy atom. The topological polar surface area (TPSA) is 21.3 Å². The summed E-state index contributed by atoms with van der Waals surface area (Å²) in [6, 6.07) is 0. The second-order valence-electron chi connectivity index (χ2n) is 0.954. The molecular formula is C3H4BrNO. The fourth-order valence-corrected chi connectivity index (χ4v) is 0.514. The molecule has 6 heavy (non-hydrogen) atoms. The Labute approximate surface area is 44.3 Å². The summed E-state index contributed by atoms with van der Waals surface area (Å²) in [6.45, 7) is 0.598. The molecule has 1 rings (SSSR count). The highest BCUT2D eigenvalue weighted by Crippen LogP contribution is 2.03. The molecule has 34 valence electrons.